The van der Waals surface area contributed by atoms with E-state index < -0.39 is 17.8 Å². The summed E-state index contributed by atoms with van der Waals surface area (Å²) in [5.41, 5.74) is 0.0595. The van der Waals surface area contributed by atoms with Crippen molar-refractivity contribution in [2.75, 3.05) is 31.6 Å². The molecule has 27 heavy (non-hydrogen) atoms. The first-order valence-electron chi connectivity index (χ1n) is 8.50. The smallest absolute Gasteiger partial charge is 0.370 e. The van der Waals surface area contributed by atoms with Crippen LogP contribution in [-0.2, 0) is 15.7 Å². The fourth-order valence-electron chi connectivity index (χ4n) is 3.14. The van der Waals surface area contributed by atoms with Gasteiger partial charge in [-0.3, -0.25) is 4.79 Å². The first-order valence-corrected chi connectivity index (χ1v) is 8.88. The monoisotopic (exact) mass is 399 g/mol. The van der Waals surface area contributed by atoms with Crippen molar-refractivity contribution in [2.24, 2.45) is 0 Å². The lowest BCUT2D eigenvalue weighted by Gasteiger charge is -2.31. The number of benzene rings is 2. The van der Waals surface area contributed by atoms with Gasteiger partial charge >= 0.3 is 6.18 Å². The van der Waals surface area contributed by atoms with Crippen LogP contribution in [0.3, 0.4) is 0 Å². The number of anilines is 1. The minimum absolute atomic E-state index is 0.112. The van der Waals surface area contributed by atoms with Crippen molar-refractivity contribution >= 4 is 23.2 Å². The molecule has 1 fully saturated rings. The third-order valence-corrected chi connectivity index (χ3v) is 4.72. The number of morpholine rings is 1. The second kappa shape index (κ2) is 8.29. The zero-order chi connectivity index (χ0) is 19.4. The van der Waals surface area contributed by atoms with Crippen molar-refractivity contribution in [1.82, 2.24) is 0 Å². The van der Waals surface area contributed by atoms with Crippen LogP contribution >= 0.6 is 11.6 Å². The SMILES string of the molecule is O=C(Nc1cccc(C(F)(F)F)c1)[C@H](c1ccc(Cl)cc1)[NH+]1CCOCC1. The molecule has 144 valence electrons. The summed E-state index contributed by atoms with van der Waals surface area (Å²) in [5, 5.41) is 3.18. The van der Waals surface area contributed by atoms with E-state index in [9.17, 15) is 18.0 Å². The number of alkyl halides is 3. The zero-order valence-electron chi connectivity index (χ0n) is 14.4. The molecule has 0 unspecified atom stereocenters. The highest BCUT2D eigenvalue weighted by Gasteiger charge is 2.34. The maximum Gasteiger partial charge on any atom is 0.416 e. The molecule has 1 saturated heterocycles. The summed E-state index contributed by atoms with van der Waals surface area (Å²) in [7, 11) is 0. The Morgan fingerprint density at radius 3 is 2.41 bits per heavy atom. The molecule has 0 aliphatic carbocycles. The molecule has 2 aromatic rings. The van der Waals surface area contributed by atoms with E-state index in [-0.39, 0.29) is 11.6 Å². The van der Waals surface area contributed by atoms with Gasteiger partial charge in [0.2, 0.25) is 0 Å². The van der Waals surface area contributed by atoms with E-state index in [1.54, 1.807) is 24.3 Å². The molecule has 2 aromatic carbocycles. The van der Waals surface area contributed by atoms with E-state index in [4.69, 9.17) is 16.3 Å². The maximum atomic E-state index is 13.0. The Bertz CT molecular complexity index is 790. The minimum atomic E-state index is -4.47. The molecule has 8 heteroatoms. The lowest BCUT2D eigenvalue weighted by Crippen LogP contribution is -3.15. The Labute approximate surface area is 159 Å². The Balaban J connectivity index is 1.85. The summed E-state index contributed by atoms with van der Waals surface area (Å²) >= 11 is 5.94. The van der Waals surface area contributed by atoms with E-state index >= 15 is 0 Å². The van der Waals surface area contributed by atoms with Crippen LogP contribution in [0, 0.1) is 0 Å². The average Bonchev–Trinajstić information content (AvgIpc) is 2.64. The van der Waals surface area contributed by atoms with Crippen LogP contribution in [0.5, 0.6) is 0 Å². The summed E-state index contributed by atoms with van der Waals surface area (Å²) in [6.07, 6.45) is -4.47. The zero-order valence-corrected chi connectivity index (χ0v) is 15.1. The summed E-state index contributed by atoms with van der Waals surface area (Å²) in [4.78, 5) is 14.0. The molecule has 3 rings (SSSR count). The predicted molar refractivity (Wildman–Crippen MR) is 95.8 cm³/mol. The van der Waals surface area contributed by atoms with Crippen LogP contribution in [0.4, 0.5) is 18.9 Å². The quantitative estimate of drug-likeness (QED) is 0.830. The van der Waals surface area contributed by atoms with E-state index in [2.05, 4.69) is 5.32 Å². The van der Waals surface area contributed by atoms with Gasteiger partial charge in [0.25, 0.3) is 5.91 Å². The molecule has 1 aliphatic rings. The van der Waals surface area contributed by atoms with Crippen LogP contribution < -0.4 is 10.2 Å². The second-order valence-corrected chi connectivity index (χ2v) is 6.76. The van der Waals surface area contributed by atoms with Crippen LogP contribution in [0.1, 0.15) is 17.2 Å². The molecule has 1 atom stereocenters. The molecular weight excluding hydrogens is 381 g/mol. The minimum Gasteiger partial charge on any atom is -0.370 e. The van der Waals surface area contributed by atoms with E-state index in [1.807, 2.05) is 0 Å². The molecular formula is C19H19ClF3N2O2+. The second-order valence-electron chi connectivity index (χ2n) is 6.32. The summed E-state index contributed by atoms with van der Waals surface area (Å²) in [6, 6.07) is 11.0. The fourth-order valence-corrected chi connectivity index (χ4v) is 3.26. The van der Waals surface area contributed by atoms with Gasteiger partial charge in [-0.2, -0.15) is 13.2 Å². The number of quaternary nitrogens is 1. The molecule has 1 amide bonds. The Morgan fingerprint density at radius 2 is 1.78 bits per heavy atom. The molecule has 0 aromatic heterocycles. The van der Waals surface area contributed by atoms with Crippen LogP contribution in [0.25, 0.3) is 0 Å². The van der Waals surface area contributed by atoms with Gasteiger partial charge in [-0.15, -0.1) is 0 Å². The third-order valence-electron chi connectivity index (χ3n) is 4.47. The van der Waals surface area contributed by atoms with Gasteiger partial charge < -0.3 is 15.0 Å². The molecule has 0 radical (unpaired) electrons. The Kier molecular flexibility index (Phi) is 6.04. The summed E-state index contributed by atoms with van der Waals surface area (Å²) in [5.74, 6) is -0.367. The van der Waals surface area contributed by atoms with E-state index in [1.165, 1.54) is 12.1 Å². The first-order chi connectivity index (χ1) is 12.8. The molecule has 0 saturated carbocycles. The number of carbonyl (C=O) groups excluding carboxylic acids is 1. The van der Waals surface area contributed by atoms with Crippen molar-refractivity contribution in [3.8, 4) is 0 Å². The molecule has 1 heterocycles. The van der Waals surface area contributed by atoms with Crippen molar-refractivity contribution in [1.29, 1.82) is 0 Å². The Hall–Kier alpha value is -2.09. The number of hydrogen-bond donors (Lipinski definition) is 2. The van der Waals surface area contributed by atoms with Crippen LogP contribution in [0.2, 0.25) is 5.02 Å². The first kappa shape index (κ1) is 19.7. The number of rotatable bonds is 4. The average molecular weight is 400 g/mol. The highest BCUT2D eigenvalue weighted by molar-refractivity contribution is 6.30. The largest absolute Gasteiger partial charge is 0.416 e. The normalized spacial score (nSPS) is 16.7. The highest BCUT2D eigenvalue weighted by atomic mass is 35.5. The van der Waals surface area contributed by atoms with Gasteiger partial charge in [0.15, 0.2) is 6.04 Å². The molecule has 0 bridgehead atoms. The van der Waals surface area contributed by atoms with Gasteiger partial charge in [-0.1, -0.05) is 29.8 Å². The summed E-state index contributed by atoms with van der Waals surface area (Å²) < 4.78 is 44.1. The van der Waals surface area contributed by atoms with Crippen LogP contribution in [0.15, 0.2) is 48.5 Å². The van der Waals surface area contributed by atoms with Gasteiger partial charge in [0.1, 0.15) is 13.1 Å². The fraction of sp³-hybridized carbons (Fsp3) is 0.316. The molecule has 1 aliphatic heterocycles. The molecule has 0 spiro atoms. The number of amides is 1. The van der Waals surface area contributed by atoms with Gasteiger partial charge in [-0.05, 0) is 30.3 Å². The predicted octanol–water partition coefficient (Wildman–Crippen LogP) is 2.95. The third kappa shape index (κ3) is 5.00. The van der Waals surface area contributed by atoms with Gasteiger partial charge in [-0.25, -0.2) is 0 Å². The van der Waals surface area contributed by atoms with E-state index in [0.29, 0.717) is 31.3 Å². The molecule has 4 nitrogen and oxygen atoms in total. The molecule has 2 N–H and O–H groups in total. The van der Waals surface area contributed by atoms with Crippen molar-refractivity contribution in [3.63, 3.8) is 0 Å². The summed E-state index contributed by atoms with van der Waals surface area (Å²) in [6.45, 7) is 2.30. The number of hydrogen-bond acceptors (Lipinski definition) is 2. The topological polar surface area (TPSA) is 42.8 Å². The van der Waals surface area contributed by atoms with Crippen molar-refractivity contribution in [3.05, 3.63) is 64.7 Å². The van der Waals surface area contributed by atoms with Crippen molar-refractivity contribution in [2.45, 2.75) is 12.2 Å². The number of carbonyl (C=O) groups is 1. The number of nitrogens with one attached hydrogen (secondary N) is 2. The number of ether oxygens (including phenoxy) is 1. The lowest BCUT2D eigenvalue weighted by atomic mass is 10.0. The lowest BCUT2D eigenvalue weighted by molar-refractivity contribution is -0.929. The maximum absolute atomic E-state index is 13.0. The standard InChI is InChI=1S/C19H18ClF3N2O2/c20-15-6-4-13(5-7-15)17(25-8-10-27-11-9-25)18(26)24-16-3-1-2-14(12-16)19(21,22)23/h1-7,12,17H,8-11H2,(H,24,26)/p+1/t17-/m0/s1. The van der Waals surface area contributed by atoms with Gasteiger partial charge in [0, 0.05) is 16.3 Å². The number of halogens is 4. The van der Waals surface area contributed by atoms with Crippen LogP contribution in [-0.4, -0.2) is 32.2 Å². The Morgan fingerprint density at radius 1 is 1.11 bits per heavy atom. The highest BCUT2D eigenvalue weighted by Crippen LogP contribution is 2.30. The van der Waals surface area contributed by atoms with E-state index in [0.717, 1.165) is 22.6 Å². The van der Waals surface area contributed by atoms with Gasteiger partial charge in [0.05, 0.1) is 18.8 Å². The van der Waals surface area contributed by atoms with Crippen molar-refractivity contribution < 1.29 is 27.6 Å².